The summed E-state index contributed by atoms with van der Waals surface area (Å²) in [5.41, 5.74) is 7.44. The Morgan fingerprint density at radius 3 is 2.08 bits per heavy atom. The van der Waals surface area contributed by atoms with E-state index in [9.17, 15) is 18.8 Å². The number of aryl methyl sites for hydroxylation is 2. The predicted molar refractivity (Wildman–Crippen MR) is 94.6 cm³/mol. The van der Waals surface area contributed by atoms with Crippen molar-refractivity contribution in [2.75, 3.05) is 6.54 Å². The highest BCUT2D eigenvalue weighted by molar-refractivity contribution is 5.97. The molecule has 136 valence electrons. The molecule has 0 saturated heterocycles. The summed E-state index contributed by atoms with van der Waals surface area (Å²) in [7, 11) is 0. The van der Waals surface area contributed by atoms with E-state index in [1.165, 1.54) is 24.3 Å². The molecular weight excluding hydrogens is 337 g/mol. The molecule has 7 heteroatoms. The summed E-state index contributed by atoms with van der Waals surface area (Å²) in [4.78, 5) is 35.5. The van der Waals surface area contributed by atoms with Crippen LogP contribution in [-0.2, 0) is 16.0 Å². The van der Waals surface area contributed by atoms with Crippen LogP contribution >= 0.6 is 0 Å². The van der Waals surface area contributed by atoms with Gasteiger partial charge in [0.15, 0.2) is 0 Å². The van der Waals surface area contributed by atoms with Gasteiger partial charge in [-0.3, -0.25) is 25.2 Å². The van der Waals surface area contributed by atoms with Gasteiger partial charge in [0.25, 0.3) is 11.8 Å². The van der Waals surface area contributed by atoms with E-state index in [1.54, 1.807) is 12.1 Å². The van der Waals surface area contributed by atoms with Crippen LogP contribution in [0, 0.1) is 19.7 Å². The third-order valence-electron chi connectivity index (χ3n) is 3.51. The average molecular weight is 357 g/mol. The first kappa shape index (κ1) is 19.1. The molecule has 6 nitrogen and oxygen atoms in total. The molecule has 0 radical (unpaired) electrons. The maximum atomic E-state index is 12.8. The molecule has 0 aliphatic carbocycles. The van der Waals surface area contributed by atoms with Gasteiger partial charge in [0, 0.05) is 5.56 Å². The predicted octanol–water partition coefficient (Wildman–Crippen LogP) is 1.56. The third kappa shape index (κ3) is 6.01. The van der Waals surface area contributed by atoms with Gasteiger partial charge >= 0.3 is 0 Å². The fourth-order valence-corrected chi connectivity index (χ4v) is 2.38. The van der Waals surface area contributed by atoms with E-state index < -0.39 is 11.8 Å². The number of amides is 3. The van der Waals surface area contributed by atoms with Crippen LogP contribution in [0.25, 0.3) is 0 Å². The van der Waals surface area contributed by atoms with Crippen LogP contribution < -0.4 is 16.2 Å². The summed E-state index contributed by atoms with van der Waals surface area (Å²) in [6.07, 6.45) is -0.00448. The van der Waals surface area contributed by atoms with Gasteiger partial charge in [0.05, 0.1) is 13.0 Å². The van der Waals surface area contributed by atoms with Crippen molar-refractivity contribution >= 4 is 17.7 Å². The van der Waals surface area contributed by atoms with E-state index in [0.29, 0.717) is 11.1 Å². The molecule has 2 aromatic rings. The van der Waals surface area contributed by atoms with Crippen LogP contribution in [-0.4, -0.2) is 24.3 Å². The van der Waals surface area contributed by atoms with Gasteiger partial charge in [-0.25, -0.2) is 4.39 Å². The molecule has 0 heterocycles. The first-order chi connectivity index (χ1) is 12.3. The third-order valence-corrected chi connectivity index (χ3v) is 3.51. The zero-order valence-corrected chi connectivity index (χ0v) is 14.6. The number of nitrogens with one attached hydrogen (secondary N) is 3. The standard InChI is InChI=1S/C19H20FN3O3/c1-12-7-13(2)9-15(8-12)19(26)21-11-18(25)23-22-17(24)10-14-3-5-16(20)6-4-14/h3-9H,10-11H2,1-2H3,(H,21,26)(H,22,24)(H,23,25). The average Bonchev–Trinajstić information content (AvgIpc) is 2.59. The summed E-state index contributed by atoms with van der Waals surface area (Å²) in [6, 6.07) is 10.9. The van der Waals surface area contributed by atoms with Gasteiger partial charge in [-0.2, -0.15) is 0 Å². The number of carbonyl (C=O) groups excluding carboxylic acids is 3. The molecule has 0 aromatic heterocycles. The fraction of sp³-hybridized carbons (Fsp3) is 0.211. The number of hydrogen-bond donors (Lipinski definition) is 3. The Bertz CT molecular complexity index is 799. The lowest BCUT2D eigenvalue weighted by atomic mass is 10.1. The van der Waals surface area contributed by atoms with Crippen molar-refractivity contribution < 1.29 is 18.8 Å². The fourth-order valence-electron chi connectivity index (χ4n) is 2.38. The van der Waals surface area contributed by atoms with E-state index in [0.717, 1.165) is 11.1 Å². The molecule has 0 unspecified atom stereocenters. The molecular formula is C19H20FN3O3. The number of carbonyl (C=O) groups is 3. The largest absolute Gasteiger partial charge is 0.343 e. The molecule has 0 atom stereocenters. The van der Waals surface area contributed by atoms with Crippen molar-refractivity contribution in [3.63, 3.8) is 0 Å². The normalized spacial score (nSPS) is 10.1. The lowest BCUT2D eigenvalue weighted by Gasteiger charge is -2.09. The minimum Gasteiger partial charge on any atom is -0.343 e. The Hall–Kier alpha value is -3.22. The molecule has 0 aliphatic rings. The summed E-state index contributed by atoms with van der Waals surface area (Å²) < 4.78 is 12.8. The number of benzene rings is 2. The SMILES string of the molecule is Cc1cc(C)cc(C(=O)NCC(=O)NNC(=O)Cc2ccc(F)cc2)c1. The van der Waals surface area contributed by atoms with Crippen molar-refractivity contribution in [2.45, 2.75) is 20.3 Å². The Kier molecular flexibility index (Phi) is 6.43. The van der Waals surface area contributed by atoms with Crippen LogP contribution in [0.3, 0.4) is 0 Å². The molecule has 3 amide bonds. The Balaban J connectivity index is 1.75. The second-order valence-electron chi connectivity index (χ2n) is 5.96. The highest BCUT2D eigenvalue weighted by atomic mass is 19.1. The van der Waals surface area contributed by atoms with Gasteiger partial charge in [-0.1, -0.05) is 29.3 Å². The molecule has 26 heavy (non-hydrogen) atoms. The molecule has 0 aliphatic heterocycles. The van der Waals surface area contributed by atoms with Gasteiger partial charge in [0.1, 0.15) is 5.82 Å². The Morgan fingerprint density at radius 2 is 1.46 bits per heavy atom. The lowest BCUT2D eigenvalue weighted by Crippen LogP contribution is -2.46. The van der Waals surface area contributed by atoms with Crippen molar-refractivity contribution in [3.8, 4) is 0 Å². The molecule has 0 saturated carbocycles. The second-order valence-corrected chi connectivity index (χ2v) is 5.96. The van der Waals surface area contributed by atoms with Gasteiger partial charge < -0.3 is 5.32 Å². The van der Waals surface area contributed by atoms with E-state index >= 15 is 0 Å². The molecule has 3 N–H and O–H groups in total. The first-order valence-electron chi connectivity index (χ1n) is 8.02. The number of rotatable bonds is 5. The van der Waals surface area contributed by atoms with E-state index in [2.05, 4.69) is 16.2 Å². The minimum atomic E-state index is -0.560. The number of hydrogen-bond acceptors (Lipinski definition) is 3. The first-order valence-corrected chi connectivity index (χ1v) is 8.02. The van der Waals surface area contributed by atoms with Crippen LogP contribution in [0.1, 0.15) is 27.0 Å². The minimum absolute atomic E-state index is 0.00448. The van der Waals surface area contributed by atoms with Crippen molar-refractivity contribution in [1.82, 2.24) is 16.2 Å². The van der Waals surface area contributed by atoms with Crippen LogP contribution in [0.2, 0.25) is 0 Å². The van der Waals surface area contributed by atoms with Gasteiger partial charge in [-0.15, -0.1) is 0 Å². The van der Waals surface area contributed by atoms with Crippen molar-refractivity contribution in [3.05, 3.63) is 70.5 Å². The molecule has 2 rings (SSSR count). The maximum absolute atomic E-state index is 12.8. The van der Waals surface area contributed by atoms with Gasteiger partial charge in [0.2, 0.25) is 5.91 Å². The number of hydrazine groups is 1. The summed E-state index contributed by atoms with van der Waals surface area (Å²) in [5.74, 6) is -1.77. The van der Waals surface area contributed by atoms with E-state index in [4.69, 9.17) is 0 Å². The van der Waals surface area contributed by atoms with E-state index in [-0.39, 0.29) is 24.7 Å². The van der Waals surface area contributed by atoms with Crippen molar-refractivity contribution in [1.29, 1.82) is 0 Å². The summed E-state index contributed by atoms with van der Waals surface area (Å²) in [6.45, 7) is 3.49. The highest BCUT2D eigenvalue weighted by Crippen LogP contribution is 2.08. The molecule has 2 aromatic carbocycles. The zero-order valence-electron chi connectivity index (χ0n) is 14.6. The zero-order chi connectivity index (χ0) is 19.1. The lowest BCUT2D eigenvalue weighted by molar-refractivity contribution is -0.128. The Labute approximate surface area is 150 Å². The Morgan fingerprint density at radius 1 is 0.885 bits per heavy atom. The van der Waals surface area contributed by atoms with Crippen LogP contribution in [0.4, 0.5) is 4.39 Å². The van der Waals surface area contributed by atoms with Crippen LogP contribution in [0.5, 0.6) is 0 Å². The maximum Gasteiger partial charge on any atom is 0.257 e. The smallest absolute Gasteiger partial charge is 0.257 e. The van der Waals surface area contributed by atoms with Gasteiger partial charge in [-0.05, 0) is 43.7 Å². The molecule has 0 spiro atoms. The monoisotopic (exact) mass is 357 g/mol. The summed E-state index contributed by atoms with van der Waals surface area (Å²) in [5, 5.41) is 2.49. The molecule has 0 fully saturated rings. The molecule has 0 bridgehead atoms. The summed E-state index contributed by atoms with van der Waals surface area (Å²) >= 11 is 0. The quantitative estimate of drug-likeness (QED) is 0.710. The van der Waals surface area contributed by atoms with Crippen LogP contribution in [0.15, 0.2) is 42.5 Å². The number of halogens is 1. The topological polar surface area (TPSA) is 87.3 Å². The van der Waals surface area contributed by atoms with E-state index in [1.807, 2.05) is 19.9 Å². The second kappa shape index (κ2) is 8.75. The van der Waals surface area contributed by atoms with Crippen molar-refractivity contribution in [2.24, 2.45) is 0 Å². The highest BCUT2D eigenvalue weighted by Gasteiger charge is 2.10.